The molecule has 88 valence electrons. The molecule has 3 amide bonds. The normalized spacial score (nSPS) is 23.7. The van der Waals surface area contributed by atoms with Crippen LogP contribution < -0.4 is 5.32 Å². The van der Waals surface area contributed by atoms with Gasteiger partial charge in [-0.15, -0.1) is 11.3 Å². The zero-order valence-electron chi connectivity index (χ0n) is 8.86. The minimum absolute atomic E-state index is 0.251. The zero-order chi connectivity index (χ0) is 12.6. The lowest BCUT2D eigenvalue weighted by Gasteiger charge is -2.19. The Bertz CT molecular complexity index is 536. The lowest BCUT2D eigenvalue weighted by atomic mass is 10.0. The van der Waals surface area contributed by atoms with Crippen LogP contribution in [0.5, 0.6) is 0 Å². The fraction of sp³-hybridized carbons (Fsp3) is 0.300. The Kier molecular flexibility index (Phi) is 2.81. The summed E-state index contributed by atoms with van der Waals surface area (Å²) < 4.78 is 0.544. The van der Waals surface area contributed by atoms with Crippen LogP contribution in [0.1, 0.15) is 11.8 Å². The van der Waals surface area contributed by atoms with Crippen LogP contribution in [-0.4, -0.2) is 23.4 Å². The molecule has 7 heteroatoms. The molecule has 0 radical (unpaired) electrons. The minimum Gasteiger partial charge on any atom is -0.319 e. The second-order valence-corrected chi connectivity index (χ2v) is 5.42. The molecule has 17 heavy (non-hydrogen) atoms. The molecule has 1 atom stereocenters. The highest BCUT2D eigenvalue weighted by atomic mass is 35.5. The average molecular weight is 270 g/mol. The number of hydrogen-bond donors (Lipinski definition) is 1. The van der Waals surface area contributed by atoms with Crippen molar-refractivity contribution in [2.24, 2.45) is 0 Å². The van der Waals surface area contributed by atoms with Crippen LogP contribution in [0, 0.1) is 11.3 Å². The number of nitrogens with zero attached hydrogens (tertiary/aromatic N) is 2. The van der Waals surface area contributed by atoms with Crippen LogP contribution >= 0.6 is 22.9 Å². The van der Waals surface area contributed by atoms with Crippen LogP contribution in [0.2, 0.25) is 4.34 Å². The highest BCUT2D eigenvalue weighted by Crippen LogP contribution is 2.35. The lowest BCUT2D eigenvalue weighted by molar-refractivity contribution is -0.130. The van der Waals surface area contributed by atoms with Gasteiger partial charge >= 0.3 is 6.03 Å². The van der Waals surface area contributed by atoms with E-state index in [9.17, 15) is 9.59 Å². The topological polar surface area (TPSA) is 73.2 Å². The Morgan fingerprint density at radius 2 is 2.29 bits per heavy atom. The third kappa shape index (κ3) is 1.77. The van der Waals surface area contributed by atoms with Crippen molar-refractivity contribution in [3.8, 4) is 6.07 Å². The summed E-state index contributed by atoms with van der Waals surface area (Å²) in [5.74, 6) is -0.428. The van der Waals surface area contributed by atoms with E-state index in [-0.39, 0.29) is 6.54 Å². The van der Waals surface area contributed by atoms with Crippen molar-refractivity contribution in [2.75, 3.05) is 6.54 Å². The average Bonchev–Trinajstić information content (AvgIpc) is 2.78. The fourth-order valence-corrected chi connectivity index (χ4v) is 2.80. The molecule has 1 N–H and O–H groups in total. The molecule has 2 heterocycles. The molecule has 0 spiro atoms. The number of hydrogen-bond acceptors (Lipinski definition) is 4. The molecule has 1 fully saturated rings. The van der Waals surface area contributed by atoms with Crippen molar-refractivity contribution in [1.82, 2.24) is 10.2 Å². The third-order valence-electron chi connectivity index (χ3n) is 2.57. The number of halogens is 1. The number of amides is 3. The Labute approximate surface area is 107 Å². The maximum atomic E-state index is 12.1. The van der Waals surface area contributed by atoms with Gasteiger partial charge < -0.3 is 5.32 Å². The number of rotatable bonds is 2. The van der Waals surface area contributed by atoms with Crippen LogP contribution in [0.25, 0.3) is 0 Å². The summed E-state index contributed by atoms with van der Waals surface area (Å²) in [5.41, 5.74) is -1.12. The highest BCUT2D eigenvalue weighted by Gasteiger charge is 2.49. The monoisotopic (exact) mass is 269 g/mol. The molecule has 0 aliphatic carbocycles. The summed E-state index contributed by atoms with van der Waals surface area (Å²) in [4.78, 5) is 25.2. The van der Waals surface area contributed by atoms with E-state index in [0.29, 0.717) is 9.21 Å². The molecule has 1 aromatic rings. The second-order valence-electron chi connectivity index (χ2n) is 3.71. The summed E-state index contributed by atoms with van der Waals surface area (Å²) in [6.07, 6.45) is 0. The Morgan fingerprint density at radius 3 is 2.82 bits per heavy atom. The van der Waals surface area contributed by atoms with Gasteiger partial charge in [-0.1, -0.05) is 11.6 Å². The number of carbonyl (C=O) groups excluding carboxylic acids is 2. The summed E-state index contributed by atoms with van der Waals surface area (Å²) in [6.45, 7) is 1.35. The molecule has 2 rings (SSSR count). The number of nitrogens with one attached hydrogen (secondary N) is 1. The zero-order valence-corrected chi connectivity index (χ0v) is 10.4. The molecule has 0 saturated carbocycles. The van der Waals surface area contributed by atoms with E-state index in [1.807, 2.05) is 0 Å². The van der Waals surface area contributed by atoms with Gasteiger partial charge in [-0.3, -0.25) is 4.79 Å². The Morgan fingerprint density at radius 1 is 1.59 bits per heavy atom. The molecule has 0 aromatic carbocycles. The number of carbonyl (C=O) groups is 2. The number of urea groups is 1. The number of nitriles is 1. The van der Waals surface area contributed by atoms with E-state index in [4.69, 9.17) is 16.9 Å². The first kappa shape index (κ1) is 11.9. The molecule has 1 aromatic heterocycles. The molecular formula is C10H8ClN3O2S. The van der Waals surface area contributed by atoms with Gasteiger partial charge in [0.1, 0.15) is 6.54 Å². The van der Waals surface area contributed by atoms with E-state index in [0.717, 1.165) is 4.90 Å². The SMILES string of the molecule is C[C@]1(c2ccc(Cl)s2)NC(=O)N(CC#N)C1=O. The smallest absolute Gasteiger partial charge is 0.319 e. The molecule has 1 aliphatic heterocycles. The van der Waals surface area contributed by atoms with Crippen molar-refractivity contribution in [1.29, 1.82) is 5.26 Å². The van der Waals surface area contributed by atoms with E-state index in [2.05, 4.69) is 5.32 Å². The van der Waals surface area contributed by atoms with E-state index in [1.165, 1.54) is 11.3 Å². The molecule has 0 bridgehead atoms. The van der Waals surface area contributed by atoms with Gasteiger partial charge in [-0.25, -0.2) is 9.69 Å². The first-order valence-corrected chi connectivity index (χ1v) is 5.95. The Hall–Kier alpha value is -1.58. The maximum Gasteiger partial charge on any atom is 0.326 e. The molecule has 1 aliphatic rings. The largest absolute Gasteiger partial charge is 0.326 e. The first-order chi connectivity index (χ1) is 7.99. The maximum absolute atomic E-state index is 12.1. The van der Waals surface area contributed by atoms with E-state index >= 15 is 0 Å². The standard InChI is InChI=1S/C10H8ClN3O2S/c1-10(6-2-3-7(11)17-6)8(15)14(5-4-12)9(16)13-10/h2-3H,5H2,1H3,(H,13,16)/t10-/m1/s1. The van der Waals surface area contributed by atoms with Gasteiger partial charge in [0.2, 0.25) is 0 Å². The predicted molar refractivity (Wildman–Crippen MR) is 62.5 cm³/mol. The van der Waals surface area contributed by atoms with Gasteiger partial charge in [-0.05, 0) is 19.1 Å². The van der Waals surface area contributed by atoms with Crippen molar-refractivity contribution in [3.63, 3.8) is 0 Å². The second kappa shape index (κ2) is 4.02. The summed E-state index contributed by atoms with van der Waals surface area (Å²) in [5, 5.41) is 11.1. The molecule has 0 unspecified atom stereocenters. The summed E-state index contributed by atoms with van der Waals surface area (Å²) >= 11 is 7.04. The van der Waals surface area contributed by atoms with Crippen LogP contribution in [-0.2, 0) is 10.3 Å². The summed E-state index contributed by atoms with van der Waals surface area (Å²) in [7, 11) is 0. The molecule has 1 saturated heterocycles. The van der Waals surface area contributed by atoms with Crippen molar-refractivity contribution in [3.05, 3.63) is 21.3 Å². The quantitative estimate of drug-likeness (QED) is 0.656. The molecular weight excluding hydrogens is 262 g/mol. The van der Waals surface area contributed by atoms with Gasteiger partial charge in [0.15, 0.2) is 5.54 Å². The van der Waals surface area contributed by atoms with Gasteiger partial charge in [0, 0.05) is 4.88 Å². The highest BCUT2D eigenvalue weighted by molar-refractivity contribution is 7.16. The first-order valence-electron chi connectivity index (χ1n) is 4.76. The van der Waals surface area contributed by atoms with E-state index < -0.39 is 17.5 Å². The van der Waals surface area contributed by atoms with Crippen molar-refractivity contribution >= 4 is 34.9 Å². The fourth-order valence-electron chi connectivity index (χ4n) is 1.66. The summed E-state index contributed by atoms with van der Waals surface area (Å²) in [6, 6.07) is 4.60. The van der Waals surface area contributed by atoms with Crippen molar-refractivity contribution in [2.45, 2.75) is 12.5 Å². The van der Waals surface area contributed by atoms with Gasteiger partial charge in [0.05, 0.1) is 10.4 Å². The molecule has 5 nitrogen and oxygen atoms in total. The number of imide groups is 1. The van der Waals surface area contributed by atoms with Gasteiger partial charge in [0.25, 0.3) is 5.91 Å². The third-order valence-corrected chi connectivity index (χ3v) is 4.02. The van der Waals surface area contributed by atoms with Crippen LogP contribution in [0.15, 0.2) is 12.1 Å². The van der Waals surface area contributed by atoms with Crippen LogP contribution in [0.3, 0.4) is 0 Å². The van der Waals surface area contributed by atoms with Crippen LogP contribution in [0.4, 0.5) is 4.79 Å². The van der Waals surface area contributed by atoms with Gasteiger partial charge in [-0.2, -0.15) is 5.26 Å². The predicted octanol–water partition coefficient (Wildman–Crippen LogP) is 1.69. The lowest BCUT2D eigenvalue weighted by Crippen LogP contribution is -2.40. The van der Waals surface area contributed by atoms with E-state index in [1.54, 1.807) is 25.1 Å². The van der Waals surface area contributed by atoms with Crippen molar-refractivity contribution < 1.29 is 9.59 Å². The Balaban J connectivity index is 2.38. The number of thiophene rings is 1. The minimum atomic E-state index is -1.12.